The molecule has 0 atom stereocenters. The highest BCUT2D eigenvalue weighted by Gasteiger charge is 2.17. The number of benzene rings is 2. The predicted molar refractivity (Wildman–Crippen MR) is 97.7 cm³/mol. The fourth-order valence-corrected chi connectivity index (χ4v) is 2.73. The molecule has 25 heavy (non-hydrogen) atoms. The molecule has 2 aromatic carbocycles. The maximum absolute atomic E-state index is 12.8. The smallest absolute Gasteiger partial charge is 0.276 e. The molecule has 1 heterocycles. The highest BCUT2D eigenvalue weighted by Crippen LogP contribution is 2.31. The summed E-state index contributed by atoms with van der Waals surface area (Å²) in [5.74, 6) is 0.00454. The molecule has 3 aromatic rings. The third kappa shape index (κ3) is 3.08. The Balaban J connectivity index is 2.09. The summed E-state index contributed by atoms with van der Waals surface area (Å²) in [6, 6.07) is 10.2. The van der Waals surface area contributed by atoms with Gasteiger partial charge >= 0.3 is 0 Å². The molecule has 0 bridgehead atoms. The second-order valence-electron chi connectivity index (χ2n) is 5.58. The largest absolute Gasteiger partial charge is 0.495 e. The predicted octanol–water partition coefficient (Wildman–Crippen LogP) is 3.16. The minimum atomic E-state index is -0.438. The number of hydrogen-bond donors (Lipinski definition) is 1. The SMILES string of the molecule is COc1cc(Cl)c(C)cc1NC(=O)c1nn(C)c(=O)c2ccccc12. The molecule has 7 heteroatoms. The van der Waals surface area contributed by atoms with E-state index in [1.54, 1.807) is 36.4 Å². The Bertz CT molecular complexity index is 1040. The maximum atomic E-state index is 12.8. The van der Waals surface area contributed by atoms with Crippen LogP contribution >= 0.6 is 11.6 Å². The van der Waals surface area contributed by atoms with Crippen molar-refractivity contribution >= 4 is 34.0 Å². The van der Waals surface area contributed by atoms with Crippen molar-refractivity contribution < 1.29 is 9.53 Å². The van der Waals surface area contributed by atoms with Crippen molar-refractivity contribution in [3.63, 3.8) is 0 Å². The number of aryl methyl sites for hydroxylation is 2. The number of aromatic nitrogens is 2. The Morgan fingerprint density at radius 3 is 2.60 bits per heavy atom. The lowest BCUT2D eigenvalue weighted by Gasteiger charge is -2.13. The van der Waals surface area contributed by atoms with Gasteiger partial charge in [0.05, 0.1) is 18.2 Å². The van der Waals surface area contributed by atoms with Crippen LogP contribution in [0.25, 0.3) is 10.8 Å². The van der Waals surface area contributed by atoms with E-state index in [0.29, 0.717) is 27.2 Å². The van der Waals surface area contributed by atoms with Gasteiger partial charge in [-0.25, -0.2) is 4.68 Å². The Morgan fingerprint density at radius 2 is 1.92 bits per heavy atom. The minimum Gasteiger partial charge on any atom is -0.495 e. The number of hydrogen-bond acceptors (Lipinski definition) is 4. The molecule has 0 saturated heterocycles. The number of halogens is 1. The van der Waals surface area contributed by atoms with E-state index in [1.165, 1.54) is 14.2 Å². The van der Waals surface area contributed by atoms with Crippen LogP contribution in [0.1, 0.15) is 16.1 Å². The second-order valence-corrected chi connectivity index (χ2v) is 5.99. The van der Waals surface area contributed by atoms with Crippen molar-refractivity contribution in [2.75, 3.05) is 12.4 Å². The molecule has 6 nitrogen and oxygen atoms in total. The van der Waals surface area contributed by atoms with Gasteiger partial charge in [-0.1, -0.05) is 29.8 Å². The van der Waals surface area contributed by atoms with E-state index >= 15 is 0 Å². The zero-order chi connectivity index (χ0) is 18.1. The summed E-state index contributed by atoms with van der Waals surface area (Å²) in [6.07, 6.45) is 0. The lowest BCUT2D eigenvalue weighted by molar-refractivity contribution is 0.102. The first-order valence-electron chi connectivity index (χ1n) is 7.54. The molecule has 0 aliphatic carbocycles. The molecule has 0 radical (unpaired) electrons. The van der Waals surface area contributed by atoms with Crippen molar-refractivity contribution in [2.24, 2.45) is 7.05 Å². The molecule has 0 spiro atoms. The molecular formula is C18H16ClN3O3. The molecule has 128 valence electrons. The van der Waals surface area contributed by atoms with Gasteiger partial charge in [0.15, 0.2) is 5.69 Å². The number of ether oxygens (including phenoxy) is 1. The molecule has 0 fully saturated rings. The van der Waals surface area contributed by atoms with Gasteiger partial charge in [0.1, 0.15) is 5.75 Å². The standard InChI is InChI=1S/C18H16ClN3O3/c1-10-8-14(15(25-3)9-13(10)19)20-17(23)16-11-6-4-5-7-12(11)18(24)22(2)21-16/h4-9H,1-3H3,(H,20,23). The second kappa shape index (κ2) is 6.57. The van der Waals surface area contributed by atoms with Crippen LogP contribution in [0.4, 0.5) is 5.69 Å². The van der Waals surface area contributed by atoms with Crippen LogP contribution in [-0.4, -0.2) is 22.8 Å². The summed E-state index contributed by atoms with van der Waals surface area (Å²) in [7, 11) is 3.01. The fraction of sp³-hybridized carbons (Fsp3) is 0.167. The first-order chi connectivity index (χ1) is 11.9. The number of carbonyl (C=O) groups excluding carboxylic acids is 1. The summed E-state index contributed by atoms with van der Waals surface area (Å²) in [5, 5.41) is 8.37. The summed E-state index contributed by atoms with van der Waals surface area (Å²) in [6.45, 7) is 1.83. The summed E-state index contributed by atoms with van der Waals surface area (Å²) in [4.78, 5) is 25.0. The van der Waals surface area contributed by atoms with E-state index in [0.717, 1.165) is 10.2 Å². The molecule has 1 amide bonds. The molecular weight excluding hydrogens is 342 g/mol. The number of methoxy groups -OCH3 is 1. The Labute approximate surface area is 149 Å². The Hall–Kier alpha value is -2.86. The molecule has 1 N–H and O–H groups in total. The fourth-order valence-electron chi connectivity index (χ4n) is 2.58. The van der Waals surface area contributed by atoms with Crippen LogP contribution in [0, 0.1) is 6.92 Å². The lowest BCUT2D eigenvalue weighted by atomic mass is 10.1. The van der Waals surface area contributed by atoms with E-state index in [1.807, 2.05) is 6.92 Å². The first-order valence-corrected chi connectivity index (χ1v) is 7.91. The van der Waals surface area contributed by atoms with Crippen LogP contribution in [0.5, 0.6) is 5.75 Å². The lowest BCUT2D eigenvalue weighted by Crippen LogP contribution is -2.25. The summed E-state index contributed by atoms with van der Waals surface area (Å²) >= 11 is 6.09. The number of rotatable bonds is 3. The zero-order valence-corrected chi connectivity index (χ0v) is 14.7. The summed E-state index contributed by atoms with van der Waals surface area (Å²) < 4.78 is 6.43. The van der Waals surface area contributed by atoms with Gasteiger partial charge in [-0.15, -0.1) is 0 Å². The van der Waals surface area contributed by atoms with Crippen LogP contribution < -0.4 is 15.6 Å². The van der Waals surface area contributed by atoms with Crippen molar-refractivity contribution in [1.29, 1.82) is 0 Å². The van der Waals surface area contributed by atoms with Gasteiger partial charge < -0.3 is 10.1 Å². The Kier molecular flexibility index (Phi) is 4.46. The number of amides is 1. The van der Waals surface area contributed by atoms with E-state index < -0.39 is 5.91 Å². The van der Waals surface area contributed by atoms with Crippen LogP contribution in [0.15, 0.2) is 41.2 Å². The highest BCUT2D eigenvalue weighted by molar-refractivity contribution is 6.31. The number of nitrogens with zero attached hydrogens (tertiary/aromatic N) is 2. The van der Waals surface area contributed by atoms with E-state index in [2.05, 4.69) is 10.4 Å². The number of anilines is 1. The molecule has 0 aliphatic rings. The number of fused-ring (bicyclic) bond motifs is 1. The van der Waals surface area contributed by atoms with Crippen molar-refractivity contribution in [1.82, 2.24) is 9.78 Å². The van der Waals surface area contributed by atoms with Gasteiger partial charge in [0.25, 0.3) is 11.5 Å². The van der Waals surface area contributed by atoms with Crippen molar-refractivity contribution in [2.45, 2.75) is 6.92 Å². The topological polar surface area (TPSA) is 73.2 Å². The number of nitrogens with one attached hydrogen (secondary N) is 1. The molecule has 3 rings (SSSR count). The Morgan fingerprint density at radius 1 is 1.24 bits per heavy atom. The third-order valence-electron chi connectivity index (χ3n) is 3.90. The monoisotopic (exact) mass is 357 g/mol. The normalized spacial score (nSPS) is 10.7. The van der Waals surface area contributed by atoms with E-state index in [9.17, 15) is 9.59 Å². The van der Waals surface area contributed by atoms with Gasteiger partial charge in [-0.2, -0.15) is 5.10 Å². The van der Waals surface area contributed by atoms with Crippen molar-refractivity contribution in [3.05, 3.63) is 63.0 Å². The molecule has 0 saturated carbocycles. The van der Waals surface area contributed by atoms with Gasteiger partial charge in [0, 0.05) is 23.5 Å². The molecule has 0 aliphatic heterocycles. The zero-order valence-electron chi connectivity index (χ0n) is 14.0. The van der Waals surface area contributed by atoms with Crippen LogP contribution in [0.2, 0.25) is 5.02 Å². The van der Waals surface area contributed by atoms with Gasteiger partial charge in [-0.3, -0.25) is 9.59 Å². The van der Waals surface area contributed by atoms with Crippen LogP contribution in [0.3, 0.4) is 0 Å². The van der Waals surface area contributed by atoms with Crippen LogP contribution in [-0.2, 0) is 7.05 Å². The third-order valence-corrected chi connectivity index (χ3v) is 4.31. The van der Waals surface area contributed by atoms with E-state index in [4.69, 9.17) is 16.3 Å². The molecule has 0 unspecified atom stereocenters. The maximum Gasteiger partial charge on any atom is 0.276 e. The quantitative estimate of drug-likeness (QED) is 0.781. The van der Waals surface area contributed by atoms with Gasteiger partial charge in [-0.05, 0) is 24.6 Å². The molecule has 1 aromatic heterocycles. The van der Waals surface area contributed by atoms with Gasteiger partial charge in [0.2, 0.25) is 0 Å². The van der Waals surface area contributed by atoms with Crippen molar-refractivity contribution in [3.8, 4) is 5.75 Å². The number of carbonyl (C=O) groups is 1. The average molecular weight is 358 g/mol. The summed E-state index contributed by atoms with van der Waals surface area (Å²) in [5.41, 5.74) is 1.18. The van der Waals surface area contributed by atoms with E-state index in [-0.39, 0.29) is 11.3 Å². The minimum absolute atomic E-state index is 0.160. The average Bonchev–Trinajstić information content (AvgIpc) is 2.61. The highest BCUT2D eigenvalue weighted by atomic mass is 35.5. The first kappa shape index (κ1) is 17.0.